The van der Waals surface area contributed by atoms with Gasteiger partial charge in [-0.05, 0) is 25.8 Å². The number of allylic oxidation sites excluding steroid dienone is 2. The van der Waals surface area contributed by atoms with E-state index in [1.807, 2.05) is 6.08 Å². The Morgan fingerprint density at radius 2 is 2.25 bits per heavy atom. The predicted octanol–water partition coefficient (Wildman–Crippen LogP) is 1.08. The zero-order valence-electron chi connectivity index (χ0n) is 7.29. The molecule has 1 unspecified atom stereocenters. The van der Waals surface area contributed by atoms with E-state index < -0.39 is 11.9 Å². The second-order valence-electron chi connectivity index (χ2n) is 2.77. The Morgan fingerprint density at radius 3 is 2.67 bits per heavy atom. The van der Waals surface area contributed by atoms with Gasteiger partial charge in [0.15, 0.2) is 5.78 Å². The van der Waals surface area contributed by atoms with E-state index in [4.69, 9.17) is 4.74 Å². The molecule has 0 fully saturated rings. The Kier molecular flexibility index (Phi) is 2.63. The maximum atomic E-state index is 11.3. The summed E-state index contributed by atoms with van der Waals surface area (Å²) in [6, 6.07) is 0. The van der Waals surface area contributed by atoms with Gasteiger partial charge >= 0.3 is 5.97 Å². The van der Waals surface area contributed by atoms with Crippen molar-refractivity contribution >= 4 is 11.8 Å². The van der Waals surface area contributed by atoms with E-state index >= 15 is 0 Å². The Balaban J connectivity index is 2.45. The molecule has 0 saturated heterocycles. The van der Waals surface area contributed by atoms with Gasteiger partial charge in [-0.15, -0.1) is 0 Å². The van der Waals surface area contributed by atoms with Crippen molar-refractivity contribution in [1.82, 2.24) is 0 Å². The summed E-state index contributed by atoms with van der Waals surface area (Å²) in [7, 11) is 0. The van der Waals surface area contributed by atoms with Crippen LogP contribution in [0.4, 0.5) is 0 Å². The standard InChI is InChI=1S/C9H12O3/c1-3-12-9(11)6(2)8(10)7-4-5-7/h4,6H,3,5H2,1-2H3. The summed E-state index contributed by atoms with van der Waals surface area (Å²) in [5.74, 6) is -1.14. The molecule has 1 rings (SSSR count). The quantitative estimate of drug-likeness (QED) is 0.466. The third kappa shape index (κ3) is 1.94. The van der Waals surface area contributed by atoms with Crippen LogP contribution in [0.1, 0.15) is 20.3 Å². The van der Waals surface area contributed by atoms with Crippen LogP contribution in [0.25, 0.3) is 0 Å². The largest absolute Gasteiger partial charge is 0.465 e. The summed E-state index contributed by atoms with van der Waals surface area (Å²) in [6.07, 6.45) is 2.56. The van der Waals surface area contributed by atoms with Gasteiger partial charge in [-0.3, -0.25) is 9.59 Å². The third-order valence-electron chi connectivity index (χ3n) is 1.76. The molecule has 66 valence electrons. The lowest BCUT2D eigenvalue weighted by Crippen LogP contribution is -2.22. The second kappa shape index (κ2) is 3.52. The summed E-state index contributed by atoms with van der Waals surface area (Å²) in [5.41, 5.74) is 0.760. The molecule has 3 heteroatoms. The maximum Gasteiger partial charge on any atom is 0.316 e. The minimum absolute atomic E-state index is 0.0894. The molecule has 12 heavy (non-hydrogen) atoms. The lowest BCUT2D eigenvalue weighted by atomic mass is 10.1. The van der Waals surface area contributed by atoms with Gasteiger partial charge in [0.2, 0.25) is 0 Å². The van der Waals surface area contributed by atoms with E-state index in [0.29, 0.717) is 6.61 Å². The first kappa shape index (κ1) is 8.97. The molecule has 0 aliphatic heterocycles. The van der Waals surface area contributed by atoms with Crippen LogP contribution >= 0.6 is 0 Å². The molecular formula is C9H12O3. The highest BCUT2D eigenvalue weighted by Crippen LogP contribution is 2.23. The first-order chi connectivity index (χ1) is 5.66. The van der Waals surface area contributed by atoms with Gasteiger partial charge in [-0.25, -0.2) is 0 Å². The number of hydrogen-bond donors (Lipinski definition) is 0. The van der Waals surface area contributed by atoms with Crippen LogP contribution in [0.5, 0.6) is 0 Å². The molecule has 0 heterocycles. The first-order valence-electron chi connectivity index (χ1n) is 4.06. The number of rotatable bonds is 4. The van der Waals surface area contributed by atoms with Crippen molar-refractivity contribution in [3.8, 4) is 0 Å². The molecule has 1 aliphatic carbocycles. The Hall–Kier alpha value is -1.12. The van der Waals surface area contributed by atoms with Gasteiger partial charge in [-0.1, -0.05) is 6.08 Å². The molecule has 1 atom stereocenters. The number of hydrogen-bond acceptors (Lipinski definition) is 3. The van der Waals surface area contributed by atoms with E-state index in [9.17, 15) is 9.59 Å². The monoisotopic (exact) mass is 168 g/mol. The molecule has 0 spiro atoms. The van der Waals surface area contributed by atoms with E-state index in [1.54, 1.807) is 13.8 Å². The lowest BCUT2D eigenvalue weighted by molar-refractivity contribution is -0.149. The summed E-state index contributed by atoms with van der Waals surface area (Å²) < 4.78 is 4.72. The zero-order chi connectivity index (χ0) is 9.14. The Labute approximate surface area is 71.4 Å². The highest BCUT2D eigenvalue weighted by Gasteiger charge is 2.28. The maximum absolute atomic E-state index is 11.3. The molecule has 0 amide bonds. The Bertz CT molecular complexity index is 240. The van der Waals surface area contributed by atoms with Crippen LogP contribution in [0, 0.1) is 5.92 Å². The molecule has 0 saturated carbocycles. The fourth-order valence-electron chi connectivity index (χ4n) is 0.905. The van der Waals surface area contributed by atoms with Crippen molar-refractivity contribution in [1.29, 1.82) is 0 Å². The normalized spacial score (nSPS) is 16.3. The van der Waals surface area contributed by atoms with Gasteiger partial charge in [-0.2, -0.15) is 0 Å². The van der Waals surface area contributed by atoms with Gasteiger partial charge < -0.3 is 4.74 Å². The van der Waals surface area contributed by atoms with Gasteiger partial charge in [0.25, 0.3) is 0 Å². The average molecular weight is 168 g/mol. The fourth-order valence-corrected chi connectivity index (χ4v) is 0.905. The van der Waals surface area contributed by atoms with E-state index in [2.05, 4.69) is 0 Å². The molecule has 3 nitrogen and oxygen atoms in total. The number of ketones is 1. The fraction of sp³-hybridized carbons (Fsp3) is 0.556. The molecule has 0 aromatic carbocycles. The summed E-state index contributed by atoms with van der Waals surface area (Å²) in [4.78, 5) is 22.3. The smallest absolute Gasteiger partial charge is 0.316 e. The topological polar surface area (TPSA) is 43.4 Å². The third-order valence-corrected chi connectivity index (χ3v) is 1.76. The number of Topliss-reactive ketones (excluding diaryl/α,β-unsaturated/α-hetero) is 1. The molecule has 0 N–H and O–H groups in total. The van der Waals surface area contributed by atoms with Crippen molar-refractivity contribution < 1.29 is 14.3 Å². The number of carbonyl (C=O) groups is 2. The van der Waals surface area contributed by atoms with Crippen LogP contribution in [0.3, 0.4) is 0 Å². The molecule has 1 aliphatic rings. The van der Waals surface area contributed by atoms with Crippen molar-refractivity contribution in [3.63, 3.8) is 0 Å². The number of esters is 1. The highest BCUT2D eigenvalue weighted by atomic mass is 16.5. The molecule has 0 bridgehead atoms. The summed E-state index contributed by atoms with van der Waals surface area (Å²) >= 11 is 0. The SMILES string of the molecule is CCOC(=O)C(C)C(=O)C1=CC1. The van der Waals surface area contributed by atoms with Crippen LogP contribution in [0.15, 0.2) is 11.6 Å². The molecule has 0 radical (unpaired) electrons. The van der Waals surface area contributed by atoms with Crippen molar-refractivity contribution in [2.45, 2.75) is 20.3 Å². The van der Waals surface area contributed by atoms with Gasteiger partial charge in [0.05, 0.1) is 6.61 Å². The van der Waals surface area contributed by atoms with Crippen LogP contribution in [-0.2, 0) is 14.3 Å². The van der Waals surface area contributed by atoms with Crippen molar-refractivity contribution in [2.75, 3.05) is 6.61 Å². The molecule has 0 aromatic rings. The zero-order valence-corrected chi connectivity index (χ0v) is 7.29. The van der Waals surface area contributed by atoms with Crippen LogP contribution in [0.2, 0.25) is 0 Å². The minimum Gasteiger partial charge on any atom is -0.465 e. The van der Waals surface area contributed by atoms with Crippen molar-refractivity contribution in [2.24, 2.45) is 5.92 Å². The van der Waals surface area contributed by atoms with Crippen molar-refractivity contribution in [3.05, 3.63) is 11.6 Å². The van der Waals surface area contributed by atoms with Gasteiger partial charge in [0, 0.05) is 0 Å². The highest BCUT2D eigenvalue weighted by molar-refractivity contribution is 6.10. The van der Waals surface area contributed by atoms with E-state index in [1.165, 1.54) is 0 Å². The second-order valence-corrected chi connectivity index (χ2v) is 2.77. The molecule has 0 aromatic heterocycles. The van der Waals surface area contributed by atoms with Crippen LogP contribution < -0.4 is 0 Å². The average Bonchev–Trinajstić information content (AvgIpc) is 2.84. The first-order valence-corrected chi connectivity index (χ1v) is 4.06. The predicted molar refractivity (Wildman–Crippen MR) is 43.5 cm³/mol. The van der Waals surface area contributed by atoms with E-state index in [-0.39, 0.29) is 5.78 Å². The minimum atomic E-state index is -0.626. The van der Waals surface area contributed by atoms with Crippen LogP contribution in [-0.4, -0.2) is 18.4 Å². The van der Waals surface area contributed by atoms with E-state index in [0.717, 1.165) is 12.0 Å². The Morgan fingerprint density at radius 1 is 1.67 bits per heavy atom. The van der Waals surface area contributed by atoms with Gasteiger partial charge in [0.1, 0.15) is 5.92 Å². The lowest BCUT2D eigenvalue weighted by Gasteiger charge is -2.06. The number of carbonyl (C=O) groups excluding carboxylic acids is 2. The number of ether oxygens (including phenoxy) is 1. The summed E-state index contributed by atoms with van der Waals surface area (Å²) in [5, 5.41) is 0. The summed E-state index contributed by atoms with van der Waals surface area (Å²) in [6.45, 7) is 3.64. The molecular weight excluding hydrogens is 156 g/mol.